The van der Waals surface area contributed by atoms with Gasteiger partial charge in [0.05, 0.1) is 19.3 Å². The van der Waals surface area contributed by atoms with E-state index in [4.69, 9.17) is 4.74 Å². The molecule has 7 heteroatoms. The van der Waals surface area contributed by atoms with E-state index in [9.17, 15) is 0 Å². The minimum atomic E-state index is 0. The molecule has 0 radical (unpaired) electrons. The topological polar surface area (TPSA) is 49.9 Å². The van der Waals surface area contributed by atoms with Gasteiger partial charge in [-0.15, -0.1) is 0 Å². The first-order chi connectivity index (χ1) is 11.7. The van der Waals surface area contributed by atoms with Crippen LogP contribution >= 0.6 is 11.3 Å². The van der Waals surface area contributed by atoms with E-state index in [1.54, 1.807) is 7.11 Å². The zero-order valence-corrected chi connectivity index (χ0v) is 15.6. The normalized spacial score (nSPS) is 10.5. The summed E-state index contributed by atoms with van der Waals surface area (Å²) in [6, 6.07) is 18.2. The molecule has 0 aliphatic rings. The molecule has 0 aliphatic heterocycles. The second-order valence-electron chi connectivity index (χ2n) is 5.23. The number of benzene rings is 2. The van der Waals surface area contributed by atoms with Crippen molar-refractivity contribution in [3.63, 3.8) is 0 Å². The molecule has 0 aliphatic carbocycles. The number of methoxy groups -OCH3 is 1. The Morgan fingerprint density at radius 2 is 1.76 bits per heavy atom. The lowest BCUT2D eigenvalue weighted by Crippen LogP contribution is -3.00. The lowest BCUT2D eigenvalue weighted by atomic mass is 10.2. The van der Waals surface area contributed by atoms with Crippen LogP contribution in [-0.4, -0.2) is 7.11 Å². The van der Waals surface area contributed by atoms with Crippen LogP contribution in [0.5, 0.6) is 5.06 Å². The molecule has 1 N–H and O–H groups in total. The van der Waals surface area contributed by atoms with Crippen LogP contribution in [0.25, 0.3) is 0 Å². The summed E-state index contributed by atoms with van der Waals surface area (Å²) in [5.41, 5.74) is 3.12. The van der Waals surface area contributed by atoms with Crippen LogP contribution < -0.4 is 27.0 Å². The molecule has 3 aromatic rings. The lowest BCUT2D eigenvalue weighted by molar-refractivity contribution is -0.654. The van der Waals surface area contributed by atoms with Crippen LogP contribution in [0.2, 0.25) is 0 Å². The van der Waals surface area contributed by atoms with Gasteiger partial charge in [0, 0.05) is 12.2 Å². The fourth-order valence-electron chi connectivity index (χ4n) is 2.13. The summed E-state index contributed by atoms with van der Waals surface area (Å²) < 4.78 is 7.09. The molecule has 5 nitrogen and oxygen atoms in total. The monoisotopic (exact) mass is 374 g/mol. The highest BCUT2D eigenvalue weighted by molar-refractivity contribution is 7.16. The Hall–Kier alpha value is -2.44. The summed E-state index contributed by atoms with van der Waals surface area (Å²) in [5.74, 6) is 0. The third kappa shape index (κ3) is 5.27. The Labute approximate surface area is 157 Å². The fraction of sp³-hybridized carbons (Fsp3) is 0.167. The van der Waals surface area contributed by atoms with Crippen LogP contribution in [-0.2, 0) is 13.6 Å². The molecule has 0 fully saturated rings. The maximum atomic E-state index is 5.19. The van der Waals surface area contributed by atoms with Crippen molar-refractivity contribution in [3.05, 3.63) is 66.4 Å². The van der Waals surface area contributed by atoms with Gasteiger partial charge < -0.3 is 22.5 Å². The van der Waals surface area contributed by atoms with Crippen LogP contribution in [0.15, 0.2) is 71.0 Å². The predicted molar refractivity (Wildman–Crippen MR) is 96.4 cm³/mol. The third-order valence-electron chi connectivity index (χ3n) is 3.45. The molecule has 3 rings (SSSR count). The number of halogens is 1. The van der Waals surface area contributed by atoms with E-state index in [1.165, 1.54) is 16.9 Å². The van der Waals surface area contributed by atoms with E-state index < -0.39 is 0 Å². The van der Waals surface area contributed by atoms with Gasteiger partial charge in [-0.05, 0) is 46.3 Å². The van der Waals surface area contributed by atoms with E-state index in [0.717, 1.165) is 28.1 Å². The van der Waals surface area contributed by atoms with Crippen LogP contribution in [0, 0.1) is 0 Å². The summed E-state index contributed by atoms with van der Waals surface area (Å²) in [7, 11) is 3.57. The maximum absolute atomic E-state index is 5.19. The van der Waals surface area contributed by atoms with Crippen molar-refractivity contribution in [3.8, 4) is 5.06 Å². The number of azo groups is 1. The number of aromatic nitrogens is 1. The minimum Gasteiger partial charge on any atom is -1.00 e. The molecule has 0 saturated heterocycles. The summed E-state index contributed by atoms with van der Waals surface area (Å²) in [6.07, 6.45) is 1.88. The van der Waals surface area contributed by atoms with Gasteiger partial charge in [0.2, 0.25) is 5.06 Å². The first kappa shape index (κ1) is 18.9. The molecule has 130 valence electrons. The zero-order valence-electron chi connectivity index (χ0n) is 14.0. The van der Waals surface area contributed by atoms with Gasteiger partial charge in [-0.25, -0.2) is 4.57 Å². The summed E-state index contributed by atoms with van der Waals surface area (Å²) in [6.45, 7) is 0.798. The Morgan fingerprint density at radius 1 is 1.04 bits per heavy atom. The van der Waals surface area contributed by atoms with Crippen LogP contribution in [0.3, 0.4) is 0 Å². The van der Waals surface area contributed by atoms with Crippen molar-refractivity contribution < 1.29 is 21.7 Å². The molecule has 0 spiro atoms. The van der Waals surface area contributed by atoms with E-state index in [1.807, 2.05) is 60.3 Å². The van der Waals surface area contributed by atoms with Crippen LogP contribution in [0.1, 0.15) is 5.56 Å². The Kier molecular flexibility index (Phi) is 6.91. The standard InChI is InChI=1S/C18H18N4OS.ClH/c1-22-13-17(23-2)24-18(22)21-20-16-10-8-15(9-11-16)19-12-14-6-4-3-5-7-14;/h3-11,13H,12H2,1-2H3;1H. The average Bonchev–Trinajstić information content (AvgIpc) is 3.00. The van der Waals surface area contributed by atoms with Gasteiger partial charge in [0.1, 0.15) is 11.9 Å². The highest BCUT2D eigenvalue weighted by atomic mass is 35.5. The molecule has 0 atom stereocenters. The zero-order chi connectivity index (χ0) is 16.8. The van der Waals surface area contributed by atoms with Crippen molar-refractivity contribution in [2.24, 2.45) is 17.3 Å². The number of nitrogens with zero attached hydrogens (tertiary/aromatic N) is 3. The Balaban J connectivity index is 0.00000225. The second kappa shape index (κ2) is 9.15. The quantitative estimate of drug-likeness (QED) is 0.526. The lowest BCUT2D eigenvalue weighted by Gasteiger charge is -2.05. The SMILES string of the molecule is COc1c[n+](C)c(N=Nc2ccc(NCc3ccccc3)cc2)s1.[Cl-]. The predicted octanol–water partition coefficient (Wildman–Crippen LogP) is 1.61. The van der Waals surface area contributed by atoms with Gasteiger partial charge in [-0.2, -0.15) is 0 Å². The third-order valence-corrected chi connectivity index (χ3v) is 4.48. The average molecular weight is 375 g/mol. The van der Waals surface area contributed by atoms with Gasteiger partial charge in [-0.1, -0.05) is 30.3 Å². The molecule has 1 aromatic heterocycles. The molecule has 1 heterocycles. The molecular formula is C18H19ClN4OS. The fourth-order valence-corrected chi connectivity index (χ4v) is 2.89. The van der Waals surface area contributed by atoms with E-state index >= 15 is 0 Å². The number of hydrogen-bond donors (Lipinski definition) is 1. The van der Waals surface area contributed by atoms with Crippen molar-refractivity contribution in [2.45, 2.75) is 6.54 Å². The number of aryl methyl sites for hydroxylation is 1. The number of anilines is 1. The number of rotatable bonds is 6. The summed E-state index contributed by atoms with van der Waals surface area (Å²) in [5, 5.41) is 13.5. The first-order valence-corrected chi connectivity index (χ1v) is 8.39. The molecule has 0 bridgehead atoms. The summed E-state index contributed by atoms with van der Waals surface area (Å²) >= 11 is 1.46. The van der Waals surface area contributed by atoms with Crippen molar-refractivity contribution in [1.29, 1.82) is 0 Å². The number of ether oxygens (including phenoxy) is 1. The van der Waals surface area contributed by atoms with Crippen LogP contribution in [0.4, 0.5) is 16.5 Å². The molecular weight excluding hydrogens is 356 g/mol. The van der Waals surface area contributed by atoms with Gasteiger partial charge >= 0.3 is 5.13 Å². The molecule has 25 heavy (non-hydrogen) atoms. The summed E-state index contributed by atoms with van der Waals surface area (Å²) in [4.78, 5) is 0. The van der Waals surface area contributed by atoms with Crippen molar-refractivity contribution in [2.75, 3.05) is 12.4 Å². The molecule has 0 saturated carbocycles. The van der Waals surface area contributed by atoms with E-state index in [-0.39, 0.29) is 12.4 Å². The first-order valence-electron chi connectivity index (χ1n) is 7.57. The largest absolute Gasteiger partial charge is 1.00 e. The van der Waals surface area contributed by atoms with Gasteiger partial charge in [0.25, 0.3) is 0 Å². The highest BCUT2D eigenvalue weighted by Crippen LogP contribution is 2.27. The van der Waals surface area contributed by atoms with E-state index in [2.05, 4.69) is 27.7 Å². The second-order valence-corrected chi connectivity index (χ2v) is 6.21. The van der Waals surface area contributed by atoms with Crippen molar-refractivity contribution in [1.82, 2.24) is 0 Å². The molecule has 2 aromatic carbocycles. The Morgan fingerprint density at radius 3 is 2.40 bits per heavy atom. The molecule has 0 unspecified atom stereocenters. The highest BCUT2D eigenvalue weighted by Gasteiger charge is 2.13. The van der Waals surface area contributed by atoms with E-state index in [0.29, 0.717) is 0 Å². The molecule has 0 amide bonds. The number of nitrogens with one attached hydrogen (secondary N) is 1. The van der Waals surface area contributed by atoms with Gasteiger partial charge in [-0.3, -0.25) is 0 Å². The van der Waals surface area contributed by atoms with Gasteiger partial charge in [0.15, 0.2) is 0 Å². The minimum absolute atomic E-state index is 0. The van der Waals surface area contributed by atoms with Crippen molar-refractivity contribution >= 4 is 27.8 Å². The number of hydrogen-bond acceptors (Lipinski definition) is 5. The smallest absolute Gasteiger partial charge is 0.411 e. The number of thiazole rings is 1. The maximum Gasteiger partial charge on any atom is 0.411 e. The Bertz CT molecular complexity index is 819.